The Kier molecular flexibility index (Phi) is 6.03. The Morgan fingerprint density at radius 1 is 0.844 bits per heavy atom. The smallest absolute Gasteiger partial charge is 0.343 e. The van der Waals surface area contributed by atoms with Crippen molar-refractivity contribution < 1.29 is 33.3 Å². The van der Waals surface area contributed by atoms with Gasteiger partial charge in [0, 0.05) is 12.1 Å². The van der Waals surface area contributed by atoms with E-state index in [1.807, 2.05) is 12.1 Å². The maximum absolute atomic E-state index is 12.6. The zero-order chi connectivity index (χ0) is 22.5. The largest absolute Gasteiger partial charge is 0.465 e. The van der Waals surface area contributed by atoms with Crippen LogP contribution in [0.3, 0.4) is 0 Å². The van der Waals surface area contributed by atoms with E-state index in [9.17, 15) is 14.4 Å². The van der Waals surface area contributed by atoms with Crippen LogP contribution in [-0.2, 0) is 11.3 Å². The molecule has 1 amide bonds. The number of hydrogen-bond acceptors (Lipinski definition) is 7. The number of carbonyl (C=O) groups is 3. The molecule has 32 heavy (non-hydrogen) atoms. The second-order valence-corrected chi connectivity index (χ2v) is 6.86. The minimum absolute atomic E-state index is 0.184. The first kappa shape index (κ1) is 20.9. The first-order valence-electron chi connectivity index (χ1n) is 9.71. The molecule has 1 aliphatic rings. The fourth-order valence-corrected chi connectivity index (χ4v) is 3.07. The molecule has 0 unspecified atom stereocenters. The van der Waals surface area contributed by atoms with Crippen LogP contribution in [0.1, 0.15) is 36.6 Å². The monoisotopic (exact) mass is 433 g/mol. The van der Waals surface area contributed by atoms with E-state index in [2.05, 4.69) is 10.1 Å². The molecule has 0 spiro atoms. The van der Waals surface area contributed by atoms with Crippen molar-refractivity contribution in [2.75, 3.05) is 13.9 Å². The minimum atomic E-state index is -0.624. The number of amides is 1. The van der Waals surface area contributed by atoms with Crippen LogP contribution in [0.2, 0.25) is 0 Å². The van der Waals surface area contributed by atoms with Gasteiger partial charge in [0.25, 0.3) is 5.91 Å². The number of ether oxygens (including phenoxy) is 4. The third-order valence-electron chi connectivity index (χ3n) is 4.74. The molecule has 8 heteroatoms. The molecule has 8 nitrogen and oxygen atoms in total. The first-order valence-corrected chi connectivity index (χ1v) is 9.71. The highest BCUT2D eigenvalue weighted by atomic mass is 16.7. The van der Waals surface area contributed by atoms with Gasteiger partial charge in [-0.3, -0.25) is 4.79 Å². The summed E-state index contributed by atoms with van der Waals surface area (Å²) in [5.41, 5.74) is 1.74. The highest BCUT2D eigenvalue weighted by Gasteiger charge is 2.15. The van der Waals surface area contributed by atoms with Crippen LogP contribution < -0.4 is 19.5 Å². The molecule has 1 aliphatic heterocycles. The molecule has 0 fully saturated rings. The van der Waals surface area contributed by atoms with Crippen molar-refractivity contribution in [2.24, 2.45) is 0 Å². The van der Waals surface area contributed by atoms with E-state index in [0.29, 0.717) is 22.6 Å². The lowest BCUT2D eigenvalue weighted by atomic mass is 10.1. The molecule has 3 aromatic carbocycles. The number of benzene rings is 3. The number of methoxy groups -OCH3 is 1. The zero-order valence-electron chi connectivity index (χ0n) is 17.1. The van der Waals surface area contributed by atoms with Crippen LogP contribution in [-0.4, -0.2) is 31.7 Å². The van der Waals surface area contributed by atoms with Crippen LogP contribution in [0.15, 0.2) is 66.7 Å². The van der Waals surface area contributed by atoms with E-state index in [1.165, 1.54) is 37.4 Å². The Morgan fingerprint density at radius 2 is 1.59 bits per heavy atom. The van der Waals surface area contributed by atoms with Crippen molar-refractivity contribution >= 4 is 17.8 Å². The van der Waals surface area contributed by atoms with Crippen LogP contribution in [0.25, 0.3) is 0 Å². The standard InChI is InChI=1S/C24H19NO7/c1-29-23(27)16-6-8-19(9-7-16)32-24(28)18-4-2-3-17(12-18)22(26)25-13-15-5-10-20-21(11-15)31-14-30-20/h2-12H,13-14H2,1H3,(H,25,26). The summed E-state index contributed by atoms with van der Waals surface area (Å²) in [6, 6.07) is 17.6. The summed E-state index contributed by atoms with van der Waals surface area (Å²) in [6.45, 7) is 0.472. The molecule has 0 bridgehead atoms. The van der Waals surface area contributed by atoms with E-state index in [0.717, 1.165) is 5.56 Å². The van der Waals surface area contributed by atoms with Crippen LogP contribution in [0.5, 0.6) is 17.2 Å². The van der Waals surface area contributed by atoms with Gasteiger partial charge in [0.05, 0.1) is 18.2 Å². The van der Waals surface area contributed by atoms with Crippen molar-refractivity contribution in [3.63, 3.8) is 0 Å². The molecule has 0 atom stereocenters. The molecule has 4 rings (SSSR count). The van der Waals surface area contributed by atoms with Crippen molar-refractivity contribution in [2.45, 2.75) is 6.54 Å². The molecule has 0 saturated carbocycles. The van der Waals surface area contributed by atoms with Gasteiger partial charge < -0.3 is 24.3 Å². The molecular weight excluding hydrogens is 414 g/mol. The molecule has 0 saturated heterocycles. The highest BCUT2D eigenvalue weighted by molar-refractivity contribution is 5.98. The van der Waals surface area contributed by atoms with E-state index < -0.39 is 11.9 Å². The van der Waals surface area contributed by atoms with E-state index >= 15 is 0 Å². The van der Waals surface area contributed by atoms with Gasteiger partial charge in [0.2, 0.25) is 6.79 Å². The number of carbonyl (C=O) groups excluding carboxylic acids is 3. The fraction of sp³-hybridized carbons (Fsp3) is 0.125. The first-order chi connectivity index (χ1) is 15.5. The van der Waals surface area contributed by atoms with Crippen molar-refractivity contribution in [3.05, 3.63) is 89.0 Å². The normalized spacial score (nSPS) is 11.5. The highest BCUT2D eigenvalue weighted by Crippen LogP contribution is 2.32. The Labute approximate surface area is 183 Å². The third-order valence-corrected chi connectivity index (χ3v) is 4.74. The zero-order valence-corrected chi connectivity index (χ0v) is 17.1. The summed E-state index contributed by atoms with van der Waals surface area (Å²) < 4.78 is 20.6. The molecule has 1 N–H and O–H groups in total. The Balaban J connectivity index is 1.38. The topological polar surface area (TPSA) is 100 Å². The van der Waals surface area contributed by atoms with Gasteiger partial charge in [-0.2, -0.15) is 0 Å². The lowest BCUT2D eigenvalue weighted by molar-refractivity contribution is 0.0600. The maximum Gasteiger partial charge on any atom is 0.343 e. The van der Waals surface area contributed by atoms with Crippen LogP contribution >= 0.6 is 0 Å². The fourth-order valence-electron chi connectivity index (χ4n) is 3.07. The minimum Gasteiger partial charge on any atom is -0.465 e. The second-order valence-electron chi connectivity index (χ2n) is 6.86. The van der Waals surface area contributed by atoms with Gasteiger partial charge in [-0.1, -0.05) is 12.1 Å². The summed E-state index contributed by atoms with van der Waals surface area (Å²) in [5, 5.41) is 2.81. The number of fused-ring (bicyclic) bond motifs is 1. The average Bonchev–Trinajstić information content (AvgIpc) is 3.30. The summed E-state index contributed by atoms with van der Waals surface area (Å²) in [6.07, 6.45) is 0. The van der Waals surface area contributed by atoms with Gasteiger partial charge in [-0.15, -0.1) is 0 Å². The lowest BCUT2D eigenvalue weighted by Crippen LogP contribution is -2.23. The van der Waals surface area contributed by atoms with Gasteiger partial charge in [-0.25, -0.2) is 9.59 Å². The Morgan fingerprint density at radius 3 is 2.38 bits per heavy atom. The van der Waals surface area contributed by atoms with Crippen LogP contribution in [0, 0.1) is 0 Å². The van der Waals surface area contributed by atoms with E-state index in [1.54, 1.807) is 24.3 Å². The molecule has 3 aromatic rings. The van der Waals surface area contributed by atoms with Crippen molar-refractivity contribution in [1.29, 1.82) is 0 Å². The summed E-state index contributed by atoms with van der Waals surface area (Å²) in [5.74, 6) is 0.135. The Bertz CT molecular complexity index is 1170. The molecule has 0 radical (unpaired) electrons. The summed E-state index contributed by atoms with van der Waals surface area (Å²) in [7, 11) is 1.29. The van der Waals surface area contributed by atoms with E-state index in [-0.39, 0.29) is 30.6 Å². The summed E-state index contributed by atoms with van der Waals surface area (Å²) >= 11 is 0. The third kappa shape index (κ3) is 4.70. The number of rotatable bonds is 6. The quantitative estimate of drug-likeness (QED) is 0.470. The van der Waals surface area contributed by atoms with Gasteiger partial charge in [-0.05, 0) is 60.2 Å². The molecule has 162 valence electrons. The van der Waals surface area contributed by atoms with Gasteiger partial charge >= 0.3 is 11.9 Å². The number of hydrogen-bond donors (Lipinski definition) is 1. The predicted molar refractivity (Wildman–Crippen MR) is 113 cm³/mol. The van der Waals surface area contributed by atoms with E-state index in [4.69, 9.17) is 14.2 Å². The molecule has 1 heterocycles. The number of nitrogens with one attached hydrogen (secondary N) is 1. The maximum atomic E-state index is 12.6. The SMILES string of the molecule is COC(=O)c1ccc(OC(=O)c2cccc(C(=O)NCc3ccc4c(c3)OCO4)c2)cc1. The van der Waals surface area contributed by atoms with Crippen LogP contribution in [0.4, 0.5) is 0 Å². The average molecular weight is 433 g/mol. The molecule has 0 aromatic heterocycles. The Hall–Kier alpha value is -4.33. The molecule has 0 aliphatic carbocycles. The van der Waals surface area contributed by atoms with Gasteiger partial charge in [0.15, 0.2) is 11.5 Å². The summed E-state index contributed by atoms with van der Waals surface area (Å²) in [4.78, 5) is 36.5. The second kappa shape index (κ2) is 9.22. The van der Waals surface area contributed by atoms with Gasteiger partial charge in [0.1, 0.15) is 5.75 Å². The number of esters is 2. The van der Waals surface area contributed by atoms with Crippen molar-refractivity contribution in [3.8, 4) is 17.2 Å². The lowest BCUT2D eigenvalue weighted by Gasteiger charge is -2.08. The molecular formula is C24H19NO7. The van der Waals surface area contributed by atoms with Crippen molar-refractivity contribution in [1.82, 2.24) is 5.32 Å². The predicted octanol–water partition coefficient (Wildman–Crippen LogP) is 3.35.